The third-order valence-electron chi connectivity index (χ3n) is 3.87. The van der Waals surface area contributed by atoms with E-state index in [9.17, 15) is 13.2 Å². The Bertz CT molecular complexity index is 625. The topological polar surface area (TPSA) is 111 Å². The number of carbonyl (C=O) groups is 1. The number of nitrogens with two attached hydrogens (primary N) is 1. The molecule has 1 aromatic carbocycles. The second-order valence-electron chi connectivity index (χ2n) is 5.76. The summed E-state index contributed by atoms with van der Waals surface area (Å²) in [5.74, 6) is -0.219. The highest BCUT2D eigenvalue weighted by atomic mass is 32.2. The number of unbranched alkanes of at least 4 members (excludes halogenated alkanes) is 1. The molecular formula is C16H25N3O4S. The van der Waals surface area contributed by atoms with Gasteiger partial charge in [-0.15, -0.1) is 0 Å². The molecule has 7 nitrogen and oxygen atoms in total. The molecule has 1 atom stereocenters. The first-order valence-corrected chi connectivity index (χ1v) is 9.71. The maximum atomic E-state index is 12.2. The molecule has 0 bridgehead atoms. The summed E-state index contributed by atoms with van der Waals surface area (Å²) < 4.78 is 32.4. The van der Waals surface area contributed by atoms with E-state index < -0.39 is 10.0 Å². The van der Waals surface area contributed by atoms with Crippen LogP contribution in [-0.4, -0.2) is 46.7 Å². The molecule has 0 spiro atoms. The average Bonchev–Trinajstić information content (AvgIpc) is 3.10. The first kappa shape index (κ1) is 18.9. The molecule has 0 radical (unpaired) electrons. The van der Waals surface area contributed by atoms with Crippen LogP contribution >= 0.6 is 0 Å². The van der Waals surface area contributed by atoms with Crippen LogP contribution in [0.4, 0.5) is 0 Å². The lowest BCUT2D eigenvalue weighted by Gasteiger charge is -2.11. The lowest BCUT2D eigenvalue weighted by Crippen LogP contribution is -2.32. The summed E-state index contributed by atoms with van der Waals surface area (Å²) >= 11 is 0. The van der Waals surface area contributed by atoms with Crippen molar-refractivity contribution in [2.75, 3.05) is 26.2 Å². The van der Waals surface area contributed by atoms with Crippen molar-refractivity contribution >= 4 is 15.9 Å². The number of hydrogen-bond donors (Lipinski definition) is 3. The van der Waals surface area contributed by atoms with Gasteiger partial charge in [0.2, 0.25) is 10.0 Å². The molecule has 1 aliphatic rings. The van der Waals surface area contributed by atoms with Gasteiger partial charge in [0, 0.05) is 25.3 Å². The molecule has 2 rings (SSSR count). The van der Waals surface area contributed by atoms with Crippen LogP contribution in [0.3, 0.4) is 0 Å². The zero-order valence-corrected chi connectivity index (χ0v) is 14.5. The fraction of sp³-hybridized carbons (Fsp3) is 0.562. The lowest BCUT2D eigenvalue weighted by molar-refractivity contribution is 0.0953. The number of amides is 1. The Morgan fingerprint density at radius 3 is 2.62 bits per heavy atom. The first-order valence-electron chi connectivity index (χ1n) is 8.22. The van der Waals surface area contributed by atoms with Gasteiger partial charge in [-0.1, -0.05) is 0 Å². The van der Waals surface area contributed by atoms with Crippen LogP contribution in [0.5, 0.6) is 0 Å². The van der Waals surface area contributed by atoms with Gasteiger partial charge in [0.1, 0.15) is 0 Å². The normalized spacial score (nSPS) is 17.8. The third-order valence-corrected chi connectivity index (χ3v) is 5.31. The molecule has 0 aliphatic carbocycles. The van der Waals surface area contributed by atoms with E-state index in [1.807, 2.05) is 0 Å². The van der Waals surface area contributed by atoms with Gasteiger partial charge in [-0.05, 0) is 56.5 Å². The molecule has 0 aromatic heterocycles. The molecule has 1 heterocycles. The Morgan fingerprint density at radius 1 is 1.25 bits per heavy atom. The zero-order chi connectivity index (χ0) is 17.4. The van der Waals surface area contributed by atoms with E-state index in [0.29, 0.717) is 25.3 Å². The van der Waals surface area contributed by atoms with Crippen molar-refractivity contribution in [3.8, 4) is 0 Å². The van der Waals surface area contributed by atoms with Crippen LogP contribution in [0.15, 0.2) is 29.2 Å². The second-order valence-corrected chi connectivity index (χ2v) is 7.53. The summed E-state index contributed by atoms with van der Waals surface area (Å²) in [4.78, 5) is 12.1. The summed E-state index contributed by atoms with van der Waals surface area (Å²) in [5, 5.41) is 2.78. The number of hydrogen-bond acceptors (Lipinski definition) is 5. The van der Waals surface area contributed by atoms with Gasteiger partial charge in [-0.25, -0.2) is 13.1 Å². The maximum absolute atomic E-state index is 12.2. The number of nitrogens with one attached hydrogen (secondary N) is 2. The van der Waals surface area contributed by atoms with Crippen molar-refractivity contribution in [3.63, 3.8) is 0 Å². The minimum atomic E-state index is -3.59. The van der Waals surface area contributed by atoms with Crippen molar-refractivity contribution < 1.29 is 17.9 Å². The summed E-state index contributed by atoms with van der Waals surface area (Å²) in [6.45, 7) is 2.10. The van der Waals surface area contributed by atoms with E-state index in [4.69, 9.17) is 10.5 Å². The molecule has 1 aliphatic heterocycles. The first-order chi connectivity index (χ1) is 11.5. The summed E-state index contributed by atoms with van der Waals surface area (Å²) in [5.41, 5.74) is 5.83. The standard InChI is InChI=1S/C16H25N3O4S/c17-9-1-2-10-18-16(20)13-5-7-15(8-6-13)24(21,22)19-12-14-4-3-11-23-14/h5-8,14,19H,1-4,9-12,17H2,(H,18,20). The average molecular weight is 355 g/mol. The van der Waals surface area contributed by atoms with Crippen LogP contribution in [0, 0.1) is 0 Å². The molecule has 1 fully saturated rings. The van der Waals surface area contributed by atoms with Crippen LogP contribution < -0.4 is 15.8 Å². The minimum Gasteiger partial charge on any atom is -0.377 e. The summed E-state index contributed by atoms with van der Waals surface area (Å²) in [7, 11) is -3.59. The van der Waals surface area contributed by atoms with Crippen LogP contribution in [0.2, 0.25) is 0 Å². The van der Waals surface area contributed by atoms with E-state index >= 15 is 0 Å². The van der Waals surface area contributed by atoms with Gasteiger partial charge in [-0.2, -0.15) is 0 Å². The van der Waals surface area contributed by atoms with E-state index in [0.717, 1.165) is 25.7 Å². The zero-order valence-electron chi connectivity index (χ0n) is 13.7. The SMILES string of the molecule is NCCCCNC(=O)c1ccc(S(=O)(=O)NCC2CCCO2)cc1. The molecule has 24 heavy (non-hydrogen) atoms. The molecule has 1 unspecified atom stereocenters. The fourth-order valence-corrected chi connectivity index (χ4v) is 3.52. The monoisotopic (exact) mass is 355 g/mol. The van der Waals surface area contributed by atoms with Gasteiger partial charge in [0.15, 0.2) is 0 Å². The molecule has 0 saturated carbocycles. The molecule has 8 heteroatoms. The van der Waals surface area contributed by atoms with E-state index in [1.165, 1.54) is 24.3 Å². The Kier molecular flexibility index (Phi) is 7.16. The Balaban J connectivity index is 1.88. The number of rotatable bonds is 9. The van der Waals surface area contributed by atoms with Crippen molar-refractivity contribution in [2.24, 2.45) is 5.73 Å². The predicted octanol–water partition coefficient (Wildman–Crippen LogP) is 0.613. The summed E-state index contributed by atoms with van der Waals surface area (Å²) in [6.07, 6.45) is 3.45. The van der Waals surface area contributed by atoms with Crippen molar-refractivity contribution in [2.45, 2.75) is 36.7 Å². The lowest BCUT2D eigenvalue weighted by atomic mass is 10.2. The van der Waals surface area contributed by atoms with Gasteiger partial charge < -0.3 is 15.8 Å². The number of benzene rings is 1. The van der Waals surface area contributed by atoms with Crippen molar-refractivity contribution in [3.05, 3.63) is 29.8 Å². The number of carbonyl (C=O) groups excluding carboxylic acids is 1. The third kappa shape index (κ3) is 5.55. The van der Waals surface area contributed by atoms with Gasteiger partial charge in [-0.3, -0.25) is 4.79 Å². The highest BCUT2D eigenvalue weighted by Gasteiger charge is 2.20. The van der Waals surface area contributed by atoms with Crippen molar-refractivity contribution in [1.29, 1.82) is 0 Å². The maximum Gasteiger partial charge on any atom is 0.251 e. The largest absolute Gasteiger partial charge is 0.377 e. The smallest absolute Gasteiger partial charge is 0.251 e. The molecule has 4 N–H and O–H groups in total. The van der Waals surface area contributed by atoms with Gasteiger partial charge in [0.05, 0.1) is 11.0 Å². The number of sulfonamides is 1. The van der Waals surface area contributed by atoms with Crippen LogP contribution in [0.1, 0.15) is 36.0 Å². The highest BCUT2D eigenvalue weighted by Crippen LogP contribution is 2.14. The van der Waals surface area contributed by atoms with Crippen molar-refractivity contribution in [1.82, 2.24) is 10.0 Å². The Morgan fingerprint density at radius 2 is 2.00 bits per heavy atom. The van der Waals surface area contributed by atoms with Gasteiger partial charge in [0.25, 0.3) is 5.91 Å². The minimum absolute atomic E-state index is 0.0571. The van der Waals surface area contributed by atoms with E-state index in [2.05, 4.69) is 10.0 Å². The Labute approximate surface area is 143 Å². The highest BCUT2D eigenvalue weighted by molar-refractivity contribution is 7.89. The molecule has 1 saturated heterocycles. The second kappa shape index (κ2) is 9.12. The molecule has 134 valence electrons. The molecule has 1 aromatic rings. The van der Waals surface area contributed by atoms with Crippen LogP contribution in [0.25, 0.3) is 0 Å². The summed E-state index contributed by atoms with van der Waals surface area (Å²) in [6, 6.07) is 5.90. The quantitative estimate of drug-likeness (QED) is 0.562. The van der Waals surface area contributed by atoms with E-state index in [-0.39, 0.29) is 23.5 Å². The van der Waals surface area contributed by atoms with Crippen LogP contribution in [-0.2, 0) is 14.8 Å². The van der Waals surface area contributed by atoms with E-state index in [1.54, 1.807) is 0 Å². The molecule has 1 amide bonds. The Hall–Kier alpha value is -1.48. The number of ether oxygens (including phenoxy) is 1. The molecular weight excluding hydrogens is 330 g/mol. The fourth-order valence-electron chi connectivity index (χ4n) is 2.45. The van der Waals surface area contributed by atoms with Gasteiger partial charge >= 0.3 is 0 Å². The predicted molar refractivity (Wildman–Crippen MR) is 91.2 cm³/mol.